The Hall–Kier alpha value is -11.1. The molecule has 19 nitrogen and oxygen atoms in total. The molecule has 6 heterocycles. The number of pyridine rings is 2. The second kappa shape index (κ2) is 31.3. The number of imide groups is 2. The fourth-order valence-corrected chi connectivity index (χ4v) is 17.8. The molecule has 17 rings (SSSR count). The SMILES string of the molecule is CC(C)(C)c1ccc(Oc2cc3c4c(cc(Oc5ccc(C(C)(C)C)cc5)c5c6c(Oc7ccc(C(C)(C)C)cc7)cc7c8c(cc(Oc9ccc(C(C)(C)C)cc9)c(c2c45)c86)C(=O)N(C(Cc2ccncc2)C(=O)OC2CCCC(NCC4CO4)C2)C7=O)C(=O)N(C(Cc2ccncc2)C(=O)OC2CCCC(CCC4CO4)C2)C3=O)cc1. The number of epoxide rings is 2. The zero-order valence-electron chi connectivity index (χ0n) is 69.4. The van der Waals surface area contributed by atoms with E-state index in [2.05, 4.69) is 98.4 Å². The molecule has 6 aliphatic rings. The summed E-state index contributed by atoms with van der Waals surface area (Å²) in [5.74, 6) is -2.53. The number of nitrogens with one attached hydrogen (secondary N) is 1. The van der Waals surface area contributed by atoms with E-state index in [0.29, 0.717) is 111 Å². The number of nitrogens with zero attached hydrogens (tertiary/aromatic N) is 4. The summed E-state index contributed by atoms with van der Waals surface area (Å²) in [5, 5.41) is 5.79. The van der Waals surface area contributed by atoms with E-state index in [4.69, 9.17) is 37.9 Å². The smallest absolute Gasteiger partial charge is 0.330 e. The first kappa shape index (κ1) is 79.4. The van der Waals surface area contributed by atoms with Gasteiger partial charge < -0.3 is 43.2 Å². The number of hydrogen-bond donors (Lipinski definition) is 1. The van der Waals surface area contributed by atoms with Gasteiger partial charge in [-0.15, -0.1) is 0 Å². The summed E-state index contributed by atoms with van der Waals surface area (Å²) in [7, 11) is 0. The molecule has 19 heteroatoms. The Morgan fingerprint density at radius 2 is 0.729 bits per heavy atom. The van der Waals surface area contributed by atoms with E-state index in [1.165, 1.54) is 0 Å². The lowest BCUT2D eigenvalue weighted by atomic mass is 9.80. The highest BCUT2D eigenvalue weighted by molar-refractivity contribution is 6.45. The molecule has 2 aliphatic carbocycles. The molecule has 2 aromatic heterocycles. The van der Waals surface area contributed by atoms with E-state index >= 15 is 28.8 Å². The van der Waals surface area contributed by atoms with E-state index in [1.807, 2.05) is 97.1 Å². The van der Waals surface area contributed by atoms with Crippen LogP contribution in [0.25, 0.3) is 43.1 Å². The van der Waals surface area contributed by atoms with Crippen molar-refractivity contribution in [1.29, 1.82) is 0 Å². The first-order valence-corrected chi connectivity index (χ1v) is 41.9. The van der Waals surface area contributed by atoms with Crippen molar-refractivity contribution in [3.8, 4) is 46.0 Å². The summed E-state index contributed by atoms with van der Waals surface area (Å²) in [4.78, 5) is 110. The van der Waals surface area contributed by atoms with Gasteiger partial charge in [0.05, 0.1) is 47.7 Å². The Labute approximate surface area is 688 Å². The van der Waals surface area contributed by atoms with Crippen LogP contribution in [-0.2, 0) is 63.0 Å². The van der Waals surface area contributed by atoms with Crippen molar-refractivity contribution in [2.75, 3.05) is 19.8 Å². The van der Waals surface area contributed by atoms with Crippen LogP contribution in [0.5, 0.6) is 46.0 Å². The molecular formula is C99H103N5O14. The van der Waals surface area contributed by atoms with Crippen molar-refractivity contribution in [3.63, 3.8) is 0 Å². The van der Waals surface area contributed by atoms with Crippen molar-refractivity contribution >= 4 is 78.7 Å². The van der Waals surface area contributed by atoms with Gasteiger partial charge in [-0.25, -0.2) is 9.59 Å². The fraction of sp³-hybridized carbons (Fsp3) is 0.394. The average molecular weight is 1590 g/mol. The molecule has 8 atom stereocenters. The standard InChI is InChI=1S/C99H103N5O14/c1-96(2,3)59-20-29-64(30-21-59)113-78-49-72-82-73(91(106)103(90(72)105)76(46-57-37-41-100-42-38-57)94(109)117-68-17-13-15-56(45-68)19-28-70-54-111-70)50-79(114-65-31-22-60(23-32-65)97(4,5)6)85-87-81(116-67-35-26-62(27-36-67)99(10,11)12)52-75-83-74(51-80(86(89(83)87)84(78)88(82)85)115-66-33-24-61(25-34-66)98(7,8)9)92(107)104(93(75)108)77(47-58-39-43-101-44-40-58)95(110)118-69-18-14-16-63(48-69)102-53-71-55-112-71/h20-27,29-44,49-52,56,63,68-71,76-77,102H,13-19,28,45-48,53-55H2,1-12H3. The van der Waals surface area contributed by atoms with Crippen molar-refractivity contribution in [3.05, 3.63) is 226 Å². The van der Waals surface area contributed by atoms with Crippen LogP contribution < -0.4 is 24.3 Å². The minimum atomic E-state index is -1.51. The number of aromatic nitrogens is 2. The second-order valence-corrected chi connectivity index (χ2v) is 37.2. The monoisotopic (exact) mass is 1590 g/mol. The highest BCUT2D eigenvalue weighted by Gasteiger charge is 2.48. The molecular weight excluding hydrogens is 1480 g/mol. The molecule has 11 aromatic rings. The predicted octanol–water partition coefficient (Wildman–Crippen LogP) is 20.4. The van der Waals surface area contributed by atoms with Gasteiger partial charge in [0.1, 0.15) is 70.3 Å². The quantitative estimate of drug-likeness (QED) is 0.0195. The van der Waals surface area contributed by atoms with Crippen LogP contribution >= 0.6 is 0 Å². The van der Waals surface area contributed by atoms with Crippen molar-refractivity contribution in [2.24, 2.45) is 5.92 Å². The van der Waals surface area contributed by atoms with Gasteiger partial charge in [0, 0.05) is 93.3 Å². The van der Waals surface area contributed by atoms with Gasteiger partial charge >= 0.3 is 11.9 Å². The molecule has 4 aliphatic heterocycles. The van der Waals surface area contributed by atoms with Crippen LogP contribution in [0.3, 0.4) is 0 Å². The summed E-state index contributed by atoms with van der Waals surface area (Å²) in [6.45, 7) is 27.6. The van der Waals surface area contributed by atoms with Gasteiger partial charge in [-0.2, -0.15) is 0 Å². The number of benzene rings is 9. The van der Waals surface area contributed by atoms with Crippen LogP contribution in [0.1, 0.15) is 222 Å². The lowest BCUT2D eigenvalue weighted by Crippen LogP contribution is -2.53. The Bertz CT molecular complexity index is 5100. The molecule has 0 radical (unpaired) electrons. The number of esters is 2. The minimum Gasteiger partial charge on any atom is -0.461 e. The van der Waals surface area contributed by atoms with Crippen molar-refractivity contribution in [2.45, 2.75) is 224 Å². The topological polar surface area (TPSA) is 227 Å². The molecule has 4 fully saturated rings. The third kappa shape index (κ3) is 16.1. The summed E-state index contributed by atoms with van der Waals surface area (Å²) >= 11 is 0. The largest absolute Gasteiger partial charge is 0.461 e. The lowest BCUT2D eigenvalue weighted by molar-refractivity contribution is -0.156. The zero-order chi connectivity index (χ0) is 82.4. The Morgan fingerprint density at radius 1 is 0.407 bits per heavy atom. The van der Waals surface area contributed by atoms with Crippen molar-refractivity contribution < 1.29 is 66.7 Å². The molecule has 0 bridgehead atoms. The molecule has 8 unspecified atom stereocenters. The molecule has 4 amide bonds. The third-order valence-electron chi connectivity index (χ3n) is 24.5. The summed E-state index contributed by atoms with van der Waals surface area (Å²) < 4.78 is 54.3. The number of carbonyl (C=O) groups is 6. The maximum absolute atomic E-state index is 16.9. The molecule has 0 spiro atoms. The predicted molar refractivity (Wildman–Crippen MR) is 454 cm³/mol. The van der Waals surface area contributed by atoms with E-state index in [1.54, 1.807) is 73.3 Å². The van der Waals surface area contributed by atoms with Gasteiger partial charge in [0.15, 0.2) is 0 Å². The van der Waals surface area contributed by atoms with Gasteiger partial charge in [-0.1, -0.05) is 138 Å². The molecule has 2 saturated heterocycles. The summed E-state index contributed by atoms with van der Waals surface area (Å²) in [5.41, 5.74) is 4.27. The van der Waals surface area contributed by atoms with Crippen LogP contribution in [0.15, 0.2) is 170 Å². The van der Waals surface area contributed by atoms with Crippen LogP contribution in [0, 0.1) is 5.92 Å². The third-order valence-corrected chi connectivity index (χ3v) is 24.5. The number of fused-ring (bicyclic) bond motifs is 2. The summed E-state index contributed by atoms with van der Waals surface area (Å²) in [6.07, 6.45) is 13.3. The number of rotatable bonds is 24. The maximum Gasteiger partial charge on any atom is 0.330 e. The van der Waals surface area contributed by atoms with E-state index in [9.17, 15) is 0 Å². The first-order valence-electron chi connectivity index (χ1n) is 41.9. The molecule has 608 valence electrons. The Morgan fingerprint density at radius 3 is 1.05 bits per heavy atom. The van der Waals surface area contributed by atoms with Gasteiger partial charge in [-0.3, -0.25) is 38.9 Å². The number of ether oxygens (including phenoxy) is 8. The molecule has 1 N–H and O–H groups in total. The van der Waals surface area contributed by atoms with Gasteiger partial charge in [-0.05, 0) is 216 Å². The maximum atomic E-state index is 16.9. The number of amides is 4. The van der Waals surface area contributed by atoms with E-state index in [-0.39, 0.29) is 109 Å². The second-order valence-electron chi connectivity index (χ2n) is 37.2. The van der Waals surface area contributed by atoms with E-state index in [0.717, 1.165) is 77.2 Å². The number of hydrogen-bond acceptors (Lipinski definition) is 17. The lowest BCUT2D eigenvalue weighted by Gasteiger charge is -2.36. The normalized spacial score (nSPS) is 20.0. The highest BCUT2D eigenvalue weighted by atomic mass is 16.6. The number of carbonyl (C=O) groups excluding carboxylic acids is 6. The van der Waals surface area contributed by atoms with Gasteiger partial charge in [0.2, 0.25) is 0 Å². The van der Waals surface area contributed by atoms with Crippen LogP contribution in [0.2, 0.25) is 0 Å². The van der Waals surface area contributed by atoms with E-state index < -0.39 is 59.9 Å². The molecule has 2 saturated carbocycles. The fourth-order valence-electron chi connectivity index (χ4n) is 17.8. The molecule has 9 aromatic carbocycles. The minimum absolute atomic E-state index is 0.00741. The Balaban J connectivity index is 0.954. The summed E-state index contributed by atoms with van der Waals surface area (Å²) in [6, 6.07) is 41.5. The molecule has 118 heavy (non-hydrogen) atoms. The van der Waals surface area contributed by atoms with Crippen molar-refractivity contribution in [1.82, 2.24) is 25.1 Å². The zero-order valence-corrected chi connectivity index (χ0v) is 69.4. The average Bonchev–Trinajstić information content (AvgIpc) is 0.845. The van der Waals surface area contributed by atoms with Crippen LogP contribution in [-0.4, -0.2) is 118 Å². The van der Waals surface area contributed by atoms with Gasteiger partial charge in [0.25, 0.3) is 23.6 Å². The Kier molecular flexibility index (Phi) is 21.1. The highest BCUT2D eigenvalue weighted by Crippen LogP contribution is 2.59. The van der Waals surface area contributed by atoms with Crippen LogP contribution in [0.4, 0.5) is 0 Å². The first-order chi connectivity index (χ1) is 56.4.